The lowest BCUT2D eigenvalue weighted by Crippen LogP contribution is -2.41. The molecular formula is C20H18ClN3O5. The number of hydrogen-bond acceptors (Lipinski definition) is 6. The Balaban J connectivity index is 1.82. The monoisotopic (exact) mass is 415 g/mol. The molecule has 0 aromatic heterocycles. The largest absolute Gasteiger partial charge is 0.277 e. The molecule has 0 saturated carbocycles. The fraction of sp³-hybridized carbons (Fsp3) is 0.300. The molecule has 150 valence electrons. The van der Waals surface area contributed by atoms with Gasteiger partial charge in [-0.15, -0.1) is 0 Å². The lowest BCUT2D eigenvalue weighted by Gasteiger charge is -2.29. The quantitative estimate of drug-likeness (QED) is 0.431. The molecule has 29 heavy (non-hydrogen) atoms. The summed E-state index contributed by atoms with van der Waals surface area (Å²) in [6.07, 6.45) is -0.982. The molecule has 0 aliphatic carbocycles. The number of rotatable bonds is 4. The molecule has 3 atom stereocenters. The van der Waals surface area contributed by atoms with Crippen LogP contribution in [0.15, 0.2) is 48.5 Å². The second kappa shape index (κ2) is 7.13. The first kappa shape index (κ1) is 19.4. The predicted molar refractivity (Wildman–Crippen MR) is 105 cm³/mol. The Morgan fingerprint density at radius 1 is 1.10 bits per heavy atom. The number of anilines is 1. The van der Waals surface area contributed by atoms with E-state index in [0.29, 0.717) is 16.3 Å². The zero-order chi connectivity index (χ0) is 20.9. The maximum absolute atomic E-state index is 13.1. The number of likely N-dealkylation sites (tertiary alicyclic amines) is 1. The molecule has 2 aliphatic rings. The van der Waals surface area contributed by atoms with Crippen molar-refractivity contribution in [3.63, 3.8) is 0 Å². The molecule has 0 bridgehead atoms. The van der Waals surface area contributed by atoms with Crippen LogP contribution in [0.5, 0.6) is 0 Å². The van der Waals surface area contributed by atoms with Gasteiger partial charge in [-0.2, -0.15) is 0 Å². The smallest absolute Gasteiger partial charge is 0.269 e. The van der Waals surface area contributed by atoms with Gasteiger partial charge < -0.3 is 0 Å². The lowest BCUT2D eigenvalue weighted by atomic mass is 9.90. The first-order valence-electron chi connectivity index (χ1n) is 9.12. The van der Waals surface area contributed by atoms with Gasteiger partial charge in [0.15, 0.2) is 6.10 Å². The van der Waals surface area contributed by atoms with Gasteiger partial charge in [0.2, 0.25) is 5.91 Å². The molecule has 0 unspecified atom stereocenters. The molecule has 2 aromatic rings. The minimum absolute atomic E-state index is 0.0977. The Kier molecular flexibility index (Phi) is 4.76. The van der Waals surface area contributed by atoms with E-state index in [1.165, 1.54) is 22.1 Å². The zero-order valence-electron chi connectivity index (χ0n) is 15.7. The summed E-state index contributed by atoms with van der Waals surface area (Å²) in [5, 5.41) is 13.3. The number of hydroxylamine groups is 1. The molecule has 2 amide bonds. The van der Waals surface area contributed by atoms with Gasteiger partial charge in [0, 0.05) is 23.2 Å². The highest BCUT2D eigenvalue weighted by Gasteiger charge is 2.60. The SMILES string of the molecule is CC(C)N1C(=O)[C@@H]2[C@H](ON(c3ccc(Cl)cc3)[C@H]2c2cccc([N+](=O)[O-])c2)C1=O. The second-order valence-electron chi connectivity index (χ2n) is 7.29. The summed E-state index contributed by atoms with van der Waals surface area (Å²) >= 11 is 5.97. The molecule has 2 heterocycles. The van der Waals surface area contributed by atoms with Crippen LogP contribution in [0, 0.1) is 16.0 Å². The van der Waals surface area contributed by atoms with E-state index in [9.17, 15) is 19.7 Å². The van der Waals surface area contributed by atoms with E-state index in [1.807, 2.05) is 0 Å². The summed E-state index contributed by atoms with van der Waals surface area (Å²) in [6, 6.07) is 11.8. The average Bonchev–Trinajstić information content (AvgIpc) is 3.19. The molecule has 2 aliphatic heterocycles. The average molecular weight is 416 g/mol. The topological polar surface area (TPSA) is 93.0 Å². The molecule has 2 aromatic carbocycles. The van der Waals surface area contributed by atoms with Crippen LogP contribution in [0.25, 0.3) is 0 Å². The van der Waals surface area contributed by atoms with E-state index in [0.717, 1.165) is 0 Å². The summed E-state index contributed by atoms with van der Waals surface area (Å²) in [6.45, 7) is 3.52. The van der Waals surface area contributed by atoms with Gasteiger partial charge in [-0.3, -0.25) is 29.4 Å². The van der Waals surface area contributed by atoms with E-state index < -0.39 is 28.9 Å². The number of imide groups is 1. The number of non-ortho nitro benzene ring substituents is 1. The molecule has 0 spiro atoms. The van der Waals surface area contributed by atoms with Gasteiger partial charge in [-0.1, -0.05) is 23.7 Å². The van der Waals surface area contributed by atoms with Crippen LogP contribution >= 0.6 is 11.6 Å². The third-order valence-electron chi connectivity index (χ3n) is 5.17. The van der Waals surface area contributed by atoms with Gasteiger partial charge in [0.25, 0.3) is 11.6 Å². The van der Waals surface area contributed by atoms with Gasteiger partial charge in [-0.05, 0) is 43.7 Å². The molecular weight excluding hydrogens is 398 g/mol. The Bertz CT molecular complexity index is 994. The Hall–Kier alpha value is -2.97. The first-order chi connectivity index (χ1) is 13.8. The van der Waals surface area contributed by atoms with Gasteiger partial charge in [0.05, 0.1) is 16.7 Å². The van der Waals surface area contributed by atoms with E-state index in [4.69, 9.17) is 16.4 Å². The molecule has 0 N–H and O–H groups in total. The Morgan fingerprint density at radius 2 is 1.79 bits per heavy atom. The van der Waals surface area contributed by atoms with Crippen LogP contribution in [-0.2, 0) is 14.4 Å². The molecule has 8 nitrogen and oxygen atoms in total. The van der Waals surface area contributed by atoms with Crippen molar-refractivity contribution < 1.29 is 19.3 Å². The van der Waals surface area contributed by atoms with Crippen molar-refractivity contribution in [2.24, 2.45) is 5.92 Å². The molecule has 2 saturated heterocycles. The number of halogens is 1. The number of carbonyl (C=O) groups excluding carboxylic acids is 2. The van der Waals surface area contributed by atoms with Crippen molar-refractivity contribution >= 4 is 34.8 Å². The Morgan fingerprint density at radius 3 is 2.41 bits per heavy atom. The molecule has 4 rings (SSSR count). The number of nitro groups is 1. The maximum Gasteiger partial charge on any atom is 0.269 e. The maximum atomic E-state index is 13.1. The van der Waals surface area contributed by atoms with Crippen LogP contribution in [-0.4, -0.2) is 33.8 Å². The van der Waals surface area contributed by atoms with Crippen LogP contribution in [0.4, 0.5) is 11.4 Å². The lowest BCUT2D eigenvalue weighted by molar-refractivity contribution is -0.384. The summed E-state index contributed by atoms with van der Waals surface area (Å²) < 4.78 is 0. The van der Waals surface area contributed by atoms with Crippen molar-refractivity contribution in [2.75, 3.05) is 5.06 Å². The van der Waals surface area contributed by atoms with Crippen molar-refractivity contribution in [1.29, 1.82) is 0 Å². The minimum Gasteiger partial charge on any atom is -0.277 e. The predicted octanol–water partition coefficient (Wildman–Crippen LogP) is 3.50. The summed E-state index contributed by atoms with van der Waals surface area (Å²) in [7, 11) is 0. The minimum atomic E-state index is -0.982. The highest BCUT2D eigenvalue weighted by atomic mass is 35.5. The fourth-order valence-electron chi connectivity index (χ4n) is 3.92. The Labute approximate surface area is 171 Å². The third kappa shape index (κ3) is 3.14. The third-order valence-corrected chi connectivity index (χ3v) is 5.42. The van der Waals surface area contributed by atoms with Gasteiger partial charge >= 0.3 is 0 Å². The summed E-state index contributed by atoms with van der Waals surface area (Å²) in [5.41, 5.74) is 1.02. The van der Waals surface area contributed by atoms with Gasteiger partial charge in [-0.25, -0.2) is 5.06 Å². The van der Waals surface area contributed by atoms with Crippen molar-refractivity contribution in [1.82, 2.24) is 4.90 Å². The van der Waals surface area contributed by atoms with Gasteiger partial charge in [0.1, 0.15) is 5.92 Å². The number of nitro benzene ring substituents is 1. The second-order valence-corrected chi connectivity index (χ2v) is 7.73. The van der Waals surface area contributed by atoms with Crippen molar-refractivity contribution in [3.8, 4) is 0 Å². The van der Waals surface area contributed by atoms with E-state index >= 15 is 0 Å². The summed E-state index contributed by atoms with van der Waals surface area (Å²) in [4.78, 5) is 43.9. The molecule has 2 fully saturated rings. The van der Waals surface area contributed by atoms with Crippen LogP contribution in [0.3, 0.4) is 0 Å². The summed E-state index contributed by atoms with van der Waals surface area (Å²) in [5.74, 6) is -1.55. The number of hydrogen-bond donors (Lipinski definition) is 0. The number of fused-ring (bicyclic) bond motifs is 1. The van der Waals surface area contributed by atoms with Crippen molar-refractivity contribution in [3.05, 3.63) is 69.2 Å². The standard InChI is InChI=1S/C20H18ClN3O5/c1-11(2)22-19(25)16-17(12-4-3-5-15(10-12)24(27)28)23(29-18(16)20(22)26)14-8-6-13(21)7-9-14/h3-11,16-18H,1-2H3/t16-,17-,18-/m0/s1. The number of nitrogens with zero attached hydrogens (tertiary/aromatic N) is 3. The zero-order valence-corrected chi connectivity index (χ0v) is 16.4. The fourth-order valence-corrected chi connectivity index (χ4v) is 4.04. The number of benzene rings is 2. The number of amides is 2. The van der Waals surface area contributed by atoms with Crippen molar-refractivity contribution in [2.45, 2.75) is 32.0 Å². The first-order valence-corrected chi connectivity index (χ1v) is 9.50. The van der Waals surface area contributed by atoms with E-state index in [2.05, 4.69) is 0 Å². The molecule has 0 radical (unpaired) electrons. The van der Waals surface area contributed by atoms with Crippen LogP contribution < -0.4 is 5.06 Å². The van der Waals surface area contributed by atoms with Crippen LogP contribution in [0.1, 0.15) is 25.5 Å². The van der Waals surface area contributed by atoms with E-state index in [-0.39, 0.29) is 17.6 Å². The normalized spacial score (nSPS) is 23.8. The van der Waals surface area contributed by atoms with Crippen LogP contribution in [0.2, 0.25) is 5.02 Å². The van der Waals surface area contributed by atoms with E-state index in [1.54, 1.807) is 50.2 Å². The highest BCUT2D eigenvalue weighted by Crippen LogP contribution is 2.47. The highest BCUT2D eigenvalue weighted by molar-refractivity contribution is 6.30. The number of carbonyl (C=O) groups is 2. The molecule has 9 heteroatoms.